The number of carbonyl (C=O) groups is 1. The van der Waals surface area contributed by atoms with E-state index >= 15 is 0 Å². The first-order valence-corrected chi connectivity index (χ1v) is 9.27. The molecule has 0 aromatic heterocycles. The molecule has 24 heavy (non-hydrogen) atoms. The Hall–Kier alpha value is -1.77. The van der Waals surface area contributed by atoms with Gasteiger partial charge in [-0.25, -0.2) is 0 Å². The van der Waals surface area contributed by atoms with Gasteiger partial charge in [0.05, 0.1) is 0 Å². The largest absolute Gasteiger partial charge is 0.490 e. The molecule has 0 heterocycles. The van der Waals surface area contributed by atoms with Crippen LogP contribution >= 0.6 is 0 Å². The van der Waals surface area contributed by atoms with Crippen LogP contribution in [-0.4, -0.2) is 18.7 Å². The Morgan fingerprint density at radius 1 is 1.29 bits per heavy atom. The molecule has 2 rings (SSSR count). The number of ether oxygens (including phenoxy) is 2. The lowest BCUT2D eigenvalue weighted by atomic mass is 9.81. The number of carbonyl (C=O) groups excluding carboxylic acids is 1. The van der Waals surface area contributed by atoms with Gasteiger partial charge in [0.15, 0.2) is 0 Å². The summed E-state index contributed by atoms with van der Waals surface area (Å²) in [6, 6.07) is 8.18. The van der Waals surface area contributed by atoms with Gasteiger partial charge in [-0.2, -0.15) is 0 Å². The fourth-order valence-electron chi connectivity index (χ4n) is 3.36. The van der Waals surface area contributed by atoms with Crippen LogP contribution in [-0.2, 0) is 9.53 Å². The van der Waals surface area contributed by atoms with Crippen molar-refractivity contribution in [3.05, 3.63) is 42.5 Å². The molecule has 2 atom stereocenters. The highest BCUT2D eigenvalue weighted by atomic mass is 16.5. The molecule has 0 bridgehead atoms. The second-order valence-corrected chi connectivity index (χ2v) is 6.55. The molecule has 1 aromatic rings. The molecule has 1 saturated carbocycles. The standard InChI is InChI=1S/C21H30O3/c1-3-5-6-14-21(22)24-20-13-8-7-12-19(20)17-10-9-11-18(16-17)23-15-4-2/h4,9-11,16,19-20H,2-3,5-8,12-15H2,1H3/t19-,20+/m1/s1. The van der Waals surface area contributed by atoms with Gasteiger partial charge in [0, 0.05) is 12.3 Å². The van der Waals surface area contributed by atoms with Gasteiger partial charge >= 0.3 is 5.97 Å². The number of hydrogen-bond donors (Lipinski definition) is 0. The van der Waals surface area contributed by atoms with E-state index in [4.69, 9.17) is 9.47 Å². The molecule has 0 saturated heterocycles. The highest BCUT2D eigenvalue weighted by molar-refractivity contribution is 5.69. The molecule has 3 heteroatoms. The van der Waals surface area contributed by atoms with E-state index in [-0.39, 0.29) is 18.0 Å². The van der Waals surface area contributed by atoms with Gasteiger partial charge in [-0.15, -0.1) is 0 Å². The zero-order valence-corrected chi connectivity index (χ0v) is 14.8. The van der Waals surface area contributed by atoms with Crippen molar-refractivity contribution in [3.8, 4) is 5.75 Å². The lowest BCUT2D eigenvalue weighted by Crippen LogP contribution is -2.28. The number of unbranched alkanes of at least 4 members (excludes halogenated alkanes) is 2. The minimum atomic E-state index is -0.0422. The number of rotatable bonds is 9. The third kappa shape index (κ3) is 5.70. The molecule has 0 radical (unpaired) electrons. The van der Waals surface area contributed by atoms with Crippen molar-refractivity contribution < 1.29 is 14.3 Å². The summed E-state index contributed by atoms with van der Waals surface area (Å²) < 4.78 is 11.5. The summed E-state index contributed by atoms with van der Waals surface area (Å²) in [6.45, 7) is 6.33. The Bertz CT molecular complexity index is 524. The van der Waals surface area contributed by atoms with Crippen LogP contribution in [0.1, 0.15) is 69.8 Å². The molecule has 1 aliphatic rings. The Kier molecular flexibility index (Phi) is 7.87. The molecule has 0 amide bonds. The Balaban J connectivity index is 2.00. The molecule has 0 unspecified atom stereocenters. The average Bonchev–Trinajstić information content (AvgIpc) is 2.61. The van der Waals surface area contributed by atoms with E-state index in [9.17, 15) is 4.79 Å². The summed E-state index contributed by atoms with van der Waals surface area (Å²) >= 11 is 0. The monoisotopic (exact) mass is 330 g/mol. The summed E-state index contributed by atoms with van der Waals surface area (Å²) in [4.78, 5) is 12.1. The summed E-state index contributed by atoms with van der Waals surface area (Å²) in [7, 11) is 0. The van der Waals surface area contributed by atoms with Crippen molar-refractivity contribution in [3.63, 3.8) is 0 Å². The molecular formula is C21H30O3. The van der Waals surface area contributed by atoms with Gasteiger partial charge in [-0.05, 0) is 43.4 Å². The lowest BCUT2D eigenvalue weighted by molar-refractivity contribution is -0.151. The van der Waals surface area contributed by atoms with E-state index in [1.54, 1.807) is 6.08 Å². The molecular weight excluding hydrogens is 300 g/mol. The minimum Gasteiger partial charge on any atom is -0.490 e. The molecule has 132 valence electrons. The number of benzene rings is 1. The predicted molar refractivity (Wildman–Crippen MR) is 97.4 cm³/mol. The van der Waals surface area contributed by atoms with Crippen LogP contribution in [0.5, 0.6) is 5.75 Å². The normalized spacial score (nSPS) is 20.4. The molecule has 0 aliphatic heterocycles. The molecule has 1 aromatic carbocycles. The SMILES string of the molecule is C=CCOc1cccc([C@H]2CCCC[C@@H]2OC(=O)CCCCC)c1. The molecule has 3 nitrogen and oxygen atoms in total. The van der Waals surface area contributed by atoms with E-state index in [1.165, 1.54) is 12.0 Å². The summed E-state index contributed by atoms with van der Waals surface area (Å²) in [5.41, 5.74) is 1.21. The zero-order valence-electron chi connectivity index (χ0n) is 14.8. The highest BCUT2D eigenvalue weighted by Gasteiger charge is 2.29. The fraction of sp³-hybridized carbons (Fsp3) is 0.571. The maximum Gasteiger partial charge on any atom is 0.306 e. The summed E-state index contributed by atoms with van der Waals surface area (Å²) in [5, 5.41) is 0. The van der Waals surface area contributed by atoms with E-state index in [2.05, 4.69) is 25.6 Å². The molecule has 0 spiro atoms. The minimum absolute atomic E-state index is 0.00234. The maximum absolute atomic E-state index is 12.1. The van der Waals surface area contributed by atoms with Crippen molar-refractivity contribution in [2.24, 2.45) is 0 Å². The summed E-state index contributed by atoms with van der Waals surface area (Å²) in [6.07, 6.45) is 9.78. The average molecular weight is 330 g/mol. The van der Waals surface area contributed by atoms with Crippen molar-refractivity contribution in [1.29, 1.82) is 0 Å². The number of hydrogen-bond acceptors (Lipinski definition) is 3. The van der Waals surface area contributed by atoms with Crippen LogP contribution in [0, 0.1) is 0 Å². The van der Waals surface area contributed by atoms with Crippen LogP contribution < -0.4 is 4.74 Å². The third-order valence-corrected chi connectivity index (χ3v) is 4.62. The molecule has 1 aliphatic carbocycles. The lowest BCUT2D eigenvalue weighted by Gasteiger charge is -2.31. The van der Waals surface area contributed by atoms with Crippen molar-refractivity contribution >= 4 is 5.97 Å². The second kappa shape index (κ2) is 10.2. The van der Waals surface area contributed by atoms with Crippen LogP contribution in [0.25, 0.3) is 0 Å². The second-order valence-electron chi connectivity index (χ2n) is 6.55. The third-order valence-electron chi connectivity index (χ3n) is 4.62. The first-order chi connectivity index (χ1) is 11.7. The van der Waals surface area contributed by atoms with Gasteiger partial charge in [-0.1, -0.05) is 51.0 Å². The smallest absolute Gasteiger partial charge is 0.306 e. The van der Waals surface area contributed by atoms with E-state index in [1.807, 2.05) is 12.1 Å². The zero-order chi connectivity index (χ0) is 17.2. The van der Waals surface area contributed by atoms with Crippen molar-refractivity contribution in [2.75, 3.05) is 6.61 Å². The fourth-order valence-corrected chi connectivity index (χ4v) is 3.36. The van der Waals surface area contributed by atoms with Gasteiger partial charge in [0.25, 0.3) is 0 Å². The molecule has 0 N–H and O–H groups in total. The highest BCUT2D eigenvalue weighted by Crippen LogP contribution is 2.36. The van der Waals surface area contributed by atoms with E-state index in [0.29, 0.717) is 13.0 Å². The first-order valence-electron chi connectivity index (χ1n) is 9.27. The van der Waals surface area contributed by atoms with E-state index in [0.717, 1.165) is 44.3 Å². The topological polar surface area (TPSA) is 35.5 Å². The van der Waals surface area contributed by atoms with Crippen molar-refractivity contribution in [2.45, 2.75) is 70.3 Å². The first kappa shape index (κ1) is 18.6. The Morgan fingerprint density at radius 3 is 2.92 bits per heavy atom. The van der Waals surface area contributed by atoms with Crippen LogP contribution in [0.15, 0.2) is 36.9 Å². The van der Waals surface area contributed by atoms with Crippen LogP contribution in [0.3, 0.4) is 0 Å². The van der Waals surface area contributed by atoms with Gasteiger partial charge in [0.1, 0.15) is 18.5 Å². The van der Waals surface area contributed by atoms with E-state index < -0.39 is 0 Å². The summed E-state index contributed by atoms with van der Waals surface area (Å²) in [5.74, 6) is 1.09. The van der Waals surface area contributed by atoms with Crippen LogP contribution in [0.4, 0.5) is 0 Å². The maximum atomic E-state index is 12.1. The Labute approximate surface area is 146 Å². The molecule has 1 fully saturated rings. The Morgan fingerprint density at radius 2 is 2.12 bits per heavy atom. The number of esters is 1. The van der Waals surface area contributed by atoms with Crippen LogP contribution in [0.2, 0.25) is 0 Å². The van der Waals surface area contributed by atoms with Crippen molar-refractivity contribution in [1.82, 2.24) is 0 Å². The van der Waals surface area contributed by atoms with Gasteiger partial charge in [0.2, 0.25) is 0 Å². The van der Waals surface area contributed by atoms with Gasteiger partial charge in [-0.3, -0.25) is 4.79 Å². The van der Waals surface area contributed by atoms with Gasteiger partial charge < -0.3 is 9.47 Å². The quantitative estimate of drug-likeness (QED) is 0.345. The predicted octanol–water partition coefficient (Wildman–Crippen LogP) is 5.40.